The van der Waals surface area contributed by atoms with Gasteiger partial charge in [-0.05, 0) is 26.0 Å². The number of nitrogens with zero attached hydrogens (tertiary/aromatic N) is 1. The molecule has 0 amide bonds. The van der Waals surface area contributed by atoms with Gasteiger partial charge in [-0.25, -0.2) is 18.1 Å². The second-order valence-corrected chi connectivity index (χ2v) is 7.50. The zero-order chi connectivity index (χ0) is 15.6. The third kappa shape index (κ3) is 3.52. The predicted molar refractivity (Wildman–Crippen MR) is 83.0 cm³/mol. The zero-order valence-electron chi connectivity index (χ0n) is 12.0. The van der Waals surface area contributed by atoms with Crippen molar-refractivity contribution in [2.45, 2.75) is 24.8 Å². The lowest BCUT2D eigenvalue weighted by molar-refractivity contribution is 0.414. The number of aryl methyl sites for hydroxylation is 1. The molecule has 0 saturated carbocycles. The minimum Gasteiger partial charge on any atom is -0.497 e. The van der Waals surface area contributed by atoms with Gasteiger partial charge in [0, 0.05) is 17.1 Å². The molecule has 2 aromatic rings. The Kier molecular flexibility index (Phi) is 4.50. The highest BCUT2D eigenvalue weighted by Gasteiger charge is 2.22. The van der Waals surface area contributed by atoms with Crippen LogP contribution in [0.4, 0.5) is 5.69 Å². The lowest BCUT2D eigenvalue weighted by Gasteiger charge is -2.14. The van der Waals surface area contributed by atoms with Gasteiger partial charge in [0.15, 0.2) is 0 Å². The van der Waals surface area contributed by atoms with Crippen LogP contribution in [0.25, 0.3) is 0 Å². The van der Waals surface area contributed by atoms with Gasteiger partial charge in [-0.15, -0.1) is 11.3 Å². The maximum absolute atomic E-state index is 12.4. The van der Waals surface area contributed by atoms with Gasteiger partial charge < -0.3 is 10.5 Å². The van der Waals surface area contributed by atoms with Crippen molar-refractivity contribution in [3.8, 4) is 5.75 Å². The number of aromatic nitrogens is 1. The van der Waals surface area contributed by atoms with Crippen LogP contribution in [0.2, 0.25) is 0 Å². The number of nitrogen functional groups attached to an aromatic ring is 1. The van der Waals surface area contributed by atoms with E-state index < -0.39 is 16.1 Å². The van der Waals surface area contributed by atoms with Crippen LogP contribution in [0.5, 0.6) is 5.75 Å². The first-order chi connectivity index (χ1) is 9.83. The normalized spacial score (nSPS) is 13.1. The summed E-state index contributed by atoms with van der Waals surface area (Å²) < 4.78 is 32.4. The van der Waals surface area contributed by atoms with Gasteiger partial charge in [0.25, 0.3) is 0 Å². The summed E-state index contributed by atoms with van der Waals surface area (Å²) in [6.07, 6.45) is 1.71. The average Bonchev–Trinajstić information content (AvgIpc) is 2.84. The summed E-state index contributed by atoms with van der Waals surface area (Å²) in [6, 6.07) is 4.04. The van der Waals surface area contributed by atoms with Crippen molar-refractivity contribution in [3.05, 3.63) is 34.3 Å². The minimum absolute atomic E-state index is 0.0310. The molecular weight excluding hydrogens is 310 g/mol. The van der Waals surface area contributed by atoms with E-state index in [4.69, 9.17) is 10.5 Å². The minimum atomic E-state index is -3.72. The van der Waals surface area contributed by atoms with Crippen LogP contribution in [0.3, 0.4) is 0 Å². The van der Waals surface area contributed by atoms with Crippen molar-refractivity contribution < 1.29 is 13.2 Å². The molecule has 3 N–H and O–H groups in total. The van der Waals surface area contributed by atoms with Gasteiger partial charge >= 0.3 is 0 Å². The molecule has 0 spiro atoms. The predicted octanol–water partition coefficient (Wildman–Crippen LogP) is 2.08. The van der Waals surface area contributed by atoms with E-state index >= 15 is 0 Å². The Hall–Kier alpha value is -1.64. The number of ether oxygens (including phenoxy) is 1. The van der Waals surface area contributed by atoms with Gasteiger partial charge in [0.05, 0.1) is 18.8 Å². The molecule has 2 rings (SSSR count). The fourth-order valence-corrected chi connectivity index (χ4v) is 3.99. The van der Waals surface area contributed by atoms with E-state index in [-0.39, 0.29) is 10.6 Å². The fraction of sp³-hybridized carbons (Fsp3) is 0.308. The summed E-state index contributed by atoms with van der Waals surface area (Å²) >= 11 is 1.45. The molecule has 8 heteroatoms. The number of thiazole rings is 1. The largest absolute Gasteiger partial charge is 0.497 e. The molecule has 0 aliphatic rings. The quantitative estimate of drug-likeness (QED) is 0.820. The van der Waals surface area contributed by atoms with Crippen molar-refractivity contribution in [1.29, 1.82) is 0 Å². The molecule has 1 aromatic heterocycles. The molecule has 0 radical (unpaired) electrons. The maximum atomic E-state index is 12.4. The number of nitrogens with two attached hydrogens (primary N) is 1. The lowest BCUT2D eigenvalue weighted by Crippen LogP contribution is -2.27. The number of rotatable bonds is 5. The molecule has 0 aliphatic heterocycles. The fourth-order valence-electron chi connectivity index (χ4n) is 1.82. The van der Waals surface area contributed by atoms with Gasteiger partial charge in [-0.3, -0.25) is 0 Å². The van der Waals surface area contributed by atoms with E-state index in [1.807, 2.05) is 6.92 Å². The highest BCUT2D eigenvalue weighted by molar-refractivity contribution is 7.89. The number of methoxy groups -OCH3 is 1. The van der Waals surface area contributed by atoms with Crippen LogP contribution in [-0.4, -0.2) is 20.5 Å². The monoisotopic (exact) mass is 327 g/mol. The molecule has 1 atom stereocenters. The van der Waals surface area contributed by atoms with Crippen LogP contribution in [0, 0.1) is 6.92 Å². The first-order valence-electron chi connectivity index (χ1n) is 6.21. The van der Waals surface area contributed by atoms with Gasteiger partial charge in [0.1, 0.15) is 15.7 Å². The Labute approximate surface area is 128 Å². The first kappa shape index (κ1) is 15.7. The van der Waals surface area contributed by atoms with E-state index in [0.29, 0.717) is 10.8 Å². The van der Waals surface area contributed by atoms with E-state index in [2.05, 4.69) is 9.71 Å². The summed E-state index contributed by atoms with van der Waals surface area (Å²) in [7, 11) is -2.22. The highest BCUT2D eigenvalue weighted by atomic mass is 32.2. The average molecular weight is 327 g/mol. The van der Waals surface area contributed by atoms with E-state index in [9.17, 15) is 8.42 Å². The van der Waals surface area contributed by atoms with Gasteiger partial charge in [0.2, 0.25) is 10.0 Å². The van der Waals surface area contributed by atoms with Crippen molar-refractivity contribution in [3.63, 3.8) is 0 Å². The lowest BCUT2D eigenvalue weighted by atomic mass is 10.3. The number of benzene rings is 1. The number of sulfonamides is 1. The number of nitrogens with one attached hydrogen (secondary N) is 1. The Morgan fingerprint density at radius 3 is 2.67 bits per heavy atom. The highest BCUT2D eigenvalue weighted by Crippen LogP contribution is 2.26. The molecule has 0 bridgehead atoms. The molecule has 114 valence electrons. The molecule has 1 unspecified atom stereocenters. The Bertz CT molecular complexity index is 741. The first-order valence-corrected chi connectivity index (χ1v) is 8.51. The van der Waals surface area contributed by atoms with Crippen molar-refractivity contribution in [1.82, 2.24) is 9.71 Å². The van der Waals surface area contributed by atoms with Crippen molar-refractivity contribution in [2.75, 3.05) is 12.8 Å². The summed E-state index contributed by atoms with van der Waals surface area (Å²) in [6.45, 7) is 3.67. The molecule has 1 aromatic carbocycles. The second-order valence-electron chi connectivity index (χ2n) is 4.56. The Morgan fingerprint density at radius 2 is 2.14 bits per heavy atom. The summed E-state index contributed by atoms with van der Waals surface area (Å²) in [5, 5.41) is 0.711. The zero-order valence-corrected chi connectivity index (χ0v) is 13.6. The van der Waals surface area contributed by atoms with Crippen LogP contribution in [0.15, 0.2) is 29.3 Å². The molecule has 0 aliphatic carbocycles. The number of hydrogen-bond acceptors (Lipinski definition) is 6. The van der Waals surface area contributed by atoms with E-state index in [1.54, 1.807) is 19.2 Å². The number of hydrogen-bond donors (Lipinski definition) is 2. The summed E-state index contributed by atoms with van der Waals surface area (Å²) in [5.74, 6) is 0.509. The molecule has 0 fully saturated rings. The molecule has 0 saturated heterocycles. The number of anilines is 1. The SMILES string of the molecule is COc1ccc(S(=O)(=O)NC(C)c2ncc(C)s2)c(N)c1. The standard InChI is InChI=1S/C13H17N3O3S2/c1-8-7-15-13(20-8)9(2)16-21(17,18)12-5-4-10(19-3)6-11(12)14/h4-7,9,16H,14H2,1-3H3. The maximum Gasteiger partial charge on any atom is 0.243 e. The molecule has 21 heavy (non-hydrogen) atoms. The molecular formula is C13H17N3O3S2. The third-order valence-electron chi connectivity index (χ3n) is 2.85. The van der Waals surface area contributed by atoms with Crippen LogP contribution < -0.4 is 15.2 Å². The van der Waals surface area contributed by atoms with Crippen LogP contribution >= 0.6 is 11.3 Å². The summed E-state index contributed by atoms with van der Waals surface area (Å²) in [5.41, 5.74) is 5.93. The smallest absolute Gasteiger partial charge is 0.243 e. The Morgan fingerprint density at radius 1 is 1.43 bits per heavy atom. The van der Waals surface area contributed by atoms with E-state index in [0.717, 1.165) is 4.88 Å². The molecule has 6 nitrogen and oxygen atoms in total. The Balaban J connectivity index is 2.26. The van der Waals surface area contributed by atoms with Crippen LogP contribution in [0.1, 0.15) is 22.9 Å². The van der Waals surface area contributed by atoms with Crippen LogP contribution in [-0.2, 0) is 10.0 Å². The van der Waals surface area contributed by atoms with Crippen molar-refractivity contribution in [2.24, 2.45) is 0 Å². The van der Waals surface area contributed by atoms with E-state index in [1.165, 1.54) is 30.6 Å². The third-order valence-corrected chi connectivity index (χ3v) is 5.56. The van der Waals surface area contributed by atoms with Gasteiger partial charge in [-0.2, -0.15) is 0 Å². The van der Waals surface area contributed by atoms with Gasteiger partial charge in [-0.1, -0.05) is 0 Å². The topological polar surface area (TPSA) is 94.3 Å². The second kappa shape index (κ2) is 6.00. The van der Waals surface area contributed by atoms with Crippen molar-refractivity contribution >= 4 is 27.0 Å². The molecule has 1 heterocycles. The summed E-state index contributed by atoms with van der Waals surface area (Å²) in [4.78, 5) is 5.24.